The Morgan fingerprint density at radius 3 is 1.83 bits per heavy atom. The molecule has 0 unspecified atom stereocenters. The largest absolute Gasteiger partial charge is 0.299 e. The molecule has 0 aliphatic carbocycles. The number of azo groups is 2. The van der Waals surface area contributed by atoms with E-state index in [1.54, 1.807) is 0 Å². The highest BCUT2D eigenvalue weighted by Gasteiger charge is 2.04. The molecule has 1 heterocycles. The molecule has 3 aromatic carbocycles. The molecule has 24 heavy (non-hydrogen) atoms. The Morgan fingerprint density at radius 1 is 0.500 bits per heavy atom. The smallest absolute Gasteiger partial charge is 0.113 e. The Bertz CT molecular complexity index is 1010. The van der Waals surface area contributed by atoms with E-state index in [0.29, 0.717) is 11.4 Å². The fourth-order valence-electron chi connectivity index (χ4n) is 2.27. The highest BCUT2D eigenvalue weighted by Crippen LogP contribution is 2.32. The van der Waals surface area contributed by atoms with Crippen LogP contribution in [-0.2, 0) is 0 Å². The van der Waals surface area contributed by atoms with Crippen molar-refractivity contribution in [2.24, 2.45) is 20.5 Å². The van der Waals surface area contributed by atoms with Crippen molar-refractivity contribution in [2.75, 3.05) is 0 Å². The molecule has 0 bridgehead atoms. The fraction of sp³-hybridized carbons (Fsp3) is 0. The number of fused-ring (bicyclic) bond motifs is 1. The molecular weight excluding hydrogens is 300 g/mol. The first kappa shape index (κ1) is 14.1. The Balaban J connectivity index is 1.63. The maximum absolute atomic E-state index is 4.33. The first-order valence-electron chi connectivity index (χ1n) is 7.53. The van der Waals surface area contributed by atoms with E-state index >= 15 is 0 Å². The molecule has 1 aromatic heterocycles. The molecule has 6 heteroatoms. The van der Waals surface area contributed by atoms with Crippen LogP contribution in [0.5, 0.6) is 0 Å². The van der Waals surface area contributed by atoms with Gasteiger partial charge in [-0.3, -0.25) is 10.2 Å². The number of aromatic amines is 2. The lowest BCUT2D eigenvalue weighted by atomic mass is 10.2. The van der Waals surface area contributed by atoms with Gasteiger partial charge in [0.15, 0.2) is 0 Å². The van der Waals surface area contributed by atoms with Crippen molar-refractivity contribution in [3.8, 4) is 0 Å². The highest BCUT2D eigenvalue weighted by molar-refractivity contribution is 5.87. The fourth-order valence-corrected chi connectivity index (χ4v) is 2.27. The van der Waals surface area contributed by atoms with Crippen molar-refractivity contribution in [3.05, 3.63) is 72.8 Å². The Hall–Kier alpha value is -3.54. The van der Waals surface area contributed by atoms with Gasteiger partial charge in [0.05, 0.1) is 11.2 Å². The number of hydrogen-bond acceptors (Lipinski definition) is 4. The highest BCUT2D eigenvalue weighted by atomic mass is 15.2. The maximum atomic E-state index is 4.33. The number of hydrogen-bond donors (Lipinski definition) is 2. The number of benzene rings is 3. The molecular formula is C18H14N6. The topological polar surface area (TPSA) is 81.0 Å². The van der Waals surface area contributed by atoms with Crippen LogP contribution in [0.3, 0.4) is 0 Å². The van der Waals surface area contributed by atoms with E-state index in [4.69, 9.17) is 0 Å². The quantitative estimate of drug-likeness (QED) is 0.413. The third-order valence-corrected chi connectivity index (χ3v) is 3.54. The lowest BCUT2D eigenvalue weighted by molar-refractivity contribution is 1.06. The summed E-state index contributed by atoms with van der Waals surface area (Å²) < 4.78 is 0. The van der Waals surface area contributed by atoms with E-state index in [9.17, 15) is 0 Å². The number of nitrogens with one attached hydrogen (secondary N) is 2. The van der Waals surface area contributed by atoms with Crippen molar-refractivity contribution in [2.45, 2.75) is 0 Å². The average molecular weight is 314 g/mol. The predicted molar refractivity (Wildman–Crippen MR) is 93.9 cm³/mol. The number of aromatic nitrogens is 2. The molecule has 0 amide bonds. The lowest BCUT2D eigenvalue weighted by Crippen LogP contribution is -1.89. The van der Waals surface area contributed by atoms with Gasteiger partial charge in [0, 0.05) is 0 Å². The first-order valence-corrected chi connectivity index (χ1v) is 7.53. The summed E-state index contributed by atoms with van der Waals surface area (Å²) in [6, 6.07) is 22.9. The third-order valence-electron chi connectivity index (χ3n) is 3.54. The normalized spacial score (nSPS) is 11.8. The van der Waals surface area contributed by atoms with Crippen LogP contribution < -0.4 is 0 Å². The standard InChI is InChI=1S/C18H14N6/c1-2-7-13(8-3-1)19-20-14-9-4-5-10-15(14)21-22-16-11-6-12-17-18(16)24-23-17/h1-12,23-24H. The second-order valence-corrected chi connectivity index (χ2v) is 5.17. The van der Waals surface area contributed by atoms with Crippen molar-refractivity contribution in [1.82, 2.24) is 10.2 Å². The van der Waals surface area contributed by atoms with Crippen molar-refractivity contribution in [3.63, 3.8) is 0 Å². The zero-order chi connectivity index (χ0) is 16.2. The van der Waals surface area contributed by atoms with Gasteiger partial charge in [-0.2, -0.15) is 5.11 Å². The van der Waals surface area contributed by atoms with Gasteiger partial charge in [-0.15, -0.1) is 15.3 Å². The summed E-state index contributed by atoms with van der Waals surface area (Å²) in [5.74, 6) is 0. The molecule has 0 spiro atoms. The van der Waals surface area contributed by atoms with Crippen LogP contribution in [0.4, 0.5) is 22.7 Å². The molecule has 4 rings (SSSR count). The molecule has 2 N–H and O–H groups in total. The molecule has 4 aromatic rings. The Kier molecular flexibility index (Phi) is 3.69. The van der Waals surface area contributed by atoms with Gasteiger partial charge in [-0.1, -0.05) is 36.4 Å². The number of nitrogens with zero attached hydrogens (tertiary/aromatic N) is 4. The summed E-state index contributed by atoms with van der Waals surface area (Å²) in [5.41, 5.74) is 4.88. The van der Waals surface area contributed by atoms with Gasteiger partial charge < -0.3 is 0 Å². The molecule has 6 nitrogen and oxygen atoms in total. The zero-order valence-electron chi connectivity index (χ0n) is 12.7. The van der Waals surface area contributed by atoms with E-state index in [1.807, 2.05) is 72.8 Å². The van der Waals surface area contributed by atoms with Gasteiger partial charge in [0.1, 0.15) is 22.6 Å². The molecule has 0 saturated heterocycles. The van der Waals surface area contributed by atoms with E-state index in [0.717, 1.165) is 22.4 Å². The molecule has 0 aliphatic heterocycles. The average Bonchev–Trinajstić information content (AvgIpc) is 2.61. The molecule has 116 valence electrons. The minimum atomic E-state index is 0.669. The Labute approximate surface area is 138 Å². The molecule has 0 fully saturated rings. The Morgan fingerprint density at radius 2 is 1.12 bits per heavy atom. The van der Waals surface area contributed by atoms with Crippen molar-refractivity contribution < 1.29 is 0 Å². The minimum absolute atomic E-state index is 0.669. The van der Waals surface area contributed by atoms with Crippen LogP contribution in [0.15, 0.2) is 93.3 Å². The van der Waals surface area contributed by atoms with Crippen LogP contribution in [0.1, 0.15) is 0 Å². The SMILES string of the molecule is c1ccc(N=Nc2ccccc2N=Nc2cccc3[nH][nH]c23)cc1. The summed E-state index contributed by atoms with van der Waals surface area (Å²) in [7, 11) is 0. The zero-order valence-corrected chi connectivity index (χ0v) is 12.7. The van der Waals surface area contributed by atoms with Gasteiger partial charge in [-0.05, 0) is 36.4 Å². The molecule has 0 aliphatic rings. The summed E-state index contributed by atoms with van der Waals surface area (Å²) >= 11 is 0. The van der Waals surface area contributed by atoms with E-state index in [1.165, 1.54) is 0 Å². The lowest BCUT2D eigenvalue weighted by Gasteiger charge is -2.05. The molecule has 0 saturated carbocycles. The van der Waals surface area contributed by atoms with Crippen LogP contribution in [0.25, 0.3) is 11.0 Å². The predicted octanol–water partition coefficient (Wildman–Crippen LogP) is 6.33. The summed E-state index contributed by atoms with van der Waals surface area (Å²) in [5, 5.41) is 23.2. The monoisotopic (exact) mass is 314 g/mol. The van der Waals surface area contributed by atoms with E-state index in [2.05, 4.69) is 30.7 Å². The molecule has 0 radical (unpaired) electrons. The summed E-state index contributed by atoms with van der Waals surface area (Å²) in [6.07, 6.45) is 0. The maximum Gasteiger partial charge on any atom is 0.113 e. The van der Waals surface area contributed by atoms with Gasteiger partial charge in [0.2, 0.25) is 0 Å². The van der Waals surface area contributed by atoms with Crippen LogP contribution >= 0.6 is 0 Å². The van der Waals surface area contributed by atoms with E-state index < -0.39 is 0 Å². The van der Waals surface area contributed by atoms with Gasteiger partial charge in [-0.25, -0.2) is 0 Å². The number of H-pyrrole nitrogens is 2. The van der Waals surface area contributed by atoms with Gasteiger partial charge in [0.25, 0.3) is 0 Å². The number of para-hydroxylation sites is 1. The van der Waals surface area contributed by atoms with Crippen molar-refractivity contribution >= 4 is 33.8 Å². The number of rotatable bonds is 4. The van der Waals surface area contributed by atoms with E-state index in [-0.39, 0.29) is 0 Å². The third kappa shape index (κ3) is 2.85. The van der Waals surface area contributed by atoms with Crippen molar-refractivity contribution in [1.29, 1.82) is 0 Å². The molecule has 0 atom stereocenters. The first-order chi connectivity index (χ1) is 11.9. The second-order valence-electron chi connectivity index (χ2n) is 5.17. The summed E-state index contributed by atoms with van der Waals surface area (Å²) in [6.45, 7) is 0. The minimum Gasteiger partial charge on any atom is -0.299 e. The second kappa shape index (κ2) is 6.29. The van der Waals surface area contributed by atoms with Crippen LogP contribution in [0.2, 0.25) is 0 Å². The van der Waals surface area contributed by atoms with Gasteiger partial charge >= 0.3 is 0 Å². The van der Waals surface area contributed by atoms with Crippen LogP contribution in [0, 0.1) is 0 Å². The van der Waals surface area contributed by atoms with Crippen LogP contribution in [-0.4, -0.2) is 10.2 Å². The summed E-state index contributed by atoms with van der Waals surface area (Å²) in [4.78, 5) is 0.